The van der Waals surface area contributed by atoms with E-state index in [1.807, 2.05) is 4.90 Å². The first-order valence-corrected chi connectivity index (χ1v) is 8.65. The Morgan fingerprint density at radius 2 is 1.80 bits per heavy atom. The van der Waals surface area contributed by atoms with E-state index >= 15 is 0 Å². The van der Waals surface area contributed by atoms with Gasteiger partial charge in [0.05, 0.1) is 0 Å². The van der Waals surface area contributed by atoms with Crippen LogP contribution in [0.2, 0.25) is 5.02 Å². The maximum Gasteiger partial charge on any atom is 0.253 e. The summed E-state index contributed by atoms with van der Waals surface area (Å²) >= 11 is 5.95. The minimum atomic E-state index is -0.271. The van der Waals surface area contributed by atoms with Gasteiger partial charge in [-0.1, -0.05) is 17.7 Å². The molecule has 6 heteroatoms. The van der Waals surface area contributed by atoms with E-state index < -0.39 is 0 Å². The Hall–Kier alpha value is -2.11. The van der Waals surface area contributed by atoms with E-state index in [2.05, 4.69) is 4.90 Å². The molecule has 2 aromatic carbocycles. The van der Waals surface area contributed by atoms with Crippen LogP contribution in [0, 0.1) is 5.82 Å². The molecule has 0 unspecified atom stereocenters. The molecular weight excluding hydrogens is 343 g/mol. The fourth-order valence-electron chi connectivity index (χ4n) is 2.80. The summed E-state index contributed by atoms with van der Waals surface area (Å²) in [7, 11) is 0. The van der Waals surface area contributed by atoms with E-state index in [4.69, 9.17) is 16.3 Å². The number of nitrogens with zero attached hydrogens (tertiary/aromatic N) is 2. The Labute approximate surface area is 151 Å². The Balaban J connectivity index is 1.42. The van der Waals surface area contributed by atoms with Gasteiger partial charge >= 0.3 is 0 Å². The molecule has 1 saturated heterocycles. The van der Waals surface area contributed by atoms with Crippen molar-refractivity contribution >= 4 is 17.5 Å². The highest BCUT2D eigenvalue weighted by Crippen LogP contribution is 2.14. The van der Waals surface area contributed by atoms with Crippen LogP contribution in [-0.4, -0.2) is 55.0 Å². The van der Waals surface area contributed by atoms with Crippen LogP contribution >= 0.6 is 11.6 Å². The second-order valence-corrected chi connectivity index (χ2v) is 6.38. The second kappa shape index (κ2) is 8.32. The zero-order valence-corrected chi connectivity index (χ0v) is 14.6. The fourth-order valence-corrected chi connectivity index (χ4v) is 2.99. The highest BCUT2D eigenvalue weighted by Gasteiger charge is 2.22. The van der Waals surface area contributed by atoms with Gasteiger partial charge < -0.3 is 9.64 Å². The molecule has 2 aromatic rings. The predicted molar refractivity (Wildman–Crippen MR) is 95.7 cm³/mol. The number of rotatable bonds is 5. The van der Waals surface area contributed by atoms with Crippen molar-refractivity contribution < 1.29 is 13.9 Å². The fraction of sp³-hybridized carbons (Fsp3) is 0.316. The zero-order valence-electron chi connectivity index (χ0n) is 13.8. The highest BCUT2D eigenvalue weighted by atomic mass is 35.5. The molecule has 132 valence electrons. The summed E-state index contributed by atoms with van der Waals surface area (Å²) in [5.41, 5.74) is 0.626. The third-order valence-electron chi connectivity index (χ3n) is 4.22. The molecule has 1 heterocycles. The van der Waals surface area contributed by atoms with E-state index in [1.54, 1.807) is 36.4 Å². The lowest BCUT2D eigenvalue weighted by Crippen LogP contribution is -2.49. The van der Waals surface area contributed by atoms with Crippen LogP contribution in [0.25, 0.3) is 0 Å². The van der Waals surface area contributed by atoms with Gasteiger partial charge in [0.25, 0.3) is 5.91 Å². The number of carbonyl (C=O) groups is 1. The average Bonchev–Trinajstić information content (AvgIpc) is 2.63. The Kier molecular flexibility index (Phi) is 5.89. The van der Waals surface area contributed by atoms with Gasteiger partial charge in [0, 0.05) is 43.3 Å². The number of hydrogen-bond acceptors (Lipinski definition) is 3. The van der Waals surface area contributed by atoms with Crippen molar-refractivity contribution in [3.8, 4) is 5.75 Å². The largest absolute Gasteiger partial charge is 0.492 e. The standard InChI is InChI=1S/C19H20ClFN2O2/c20-16-3-1-2-15(14-16)19(24)23-10-8-22(9-11-23)12-13-25-18-6-4-17(21)5-7-18/h1-7,14H,8-13H2. The monoisotopic (exact) mass is 362 g/mol. The normalized spacial score (nSPS) is 15.2. The van der Waals surface area contributed by atoms with Gasteiger partial charge in [-0.2, -0.15) is 0 Å². The molecule has 0 atom stereocenters. The molecule has 25 heavy (non-hydrogen) atoms. The number of ether oxygens (including phenoxy) is 1. The third-order valence-corrected chi connectivity index (χ3v) is 4.46. The van der Waals surface area contributed by atoms with Crippen LogP contribution in [-0.2, 0) is 0 Å². The van der Waals surface area contributed by atoms with Crippen molar-refractivity contribution in [2.75, 3.05) is 39.3 Å². The molecule has 0 aliphatic carbocycles. The molecule has 3 rings (SSSR count). The second-order valence-electron chi connectivity index (χ2n) is 5.95. The lowest BCUT2D eigenvalue weighted by atomic mass is 10.2. The van der Waals surface area contributed by atoms with Gasteiger partial charge in [-0.15, -0.1) is 0 Å². The van der Waals surface area contributed by atoms with Crippen LogP contribution in [0.1, 0.15) is 10.4 Å². The predicted octanol–water partition coefficient (Wildman–Crippen LogP) is 3.32. The quantitative estimate of drug-likeness (QED) is 0.818. The number of carbonyl (C=O) groups excluding carboxylic acids is 1. The summed E-state index contributed by atoms with van der Waals surface area (Å²) in [5, 5.41) is 0.572. The maximum atomic E-state index is 12.8. The van der Waals surface area contributed by atoms with Crippen molar-refractivity contribution in [3.05, 3.63) is 64.9 Å². The Bertz CT molecular complexity index is 716. The maximum absolute atomic E-state index is 12.8. The molecule has 0 spiro atoms. The van der Waals surface area contributed by atoms with Crippen LogP contribution in [0.3, 0.4) is 0 Å². The summed E-state index contributed by atoms with van der Waals surface area (Å²) in [6.45, 7) is 4.28. The molecule has 1 fully saturated rings. The molecule has 0 aromatic heterocycles. The lowest BCUT2D eigenvalue weighted by Gasteiger charge is -2.34. The van der Waals surface area contributed by atoms with Crippen molar-refractivity contribution in [3.63, 3.8) is 0 Å². The minimum Gasteiger partial charge on any atom is -0.492 e. The topological polar surface area (TPSA) is 32.8 Å². The first kappa shape index (κ1) is 17.7. The number of halogens is 2. The molecule has 0 N–H and O–H groups in total. The van der Waals surface area contributed by atoms with Gasteiger partial charge in [0.15, 0.2) is 0 Å². The Morgan fingerprint density at radius 1 is 1.08 bits per heavy atom. The molecular formula is C19H20ClFN2O2. The van der Waals surface area contributed by atoms with Crippen LogP contribution < -0.4 is 4.74 Å². The van der Waals surface area contributed by atoms with E-state index in [0.29, 0.717) is 36.0 Å². The van der Waals surface area contributed by atoms with Gasteiger partial charge in [-0.3, -0.25) is 9.69 Å². The van der Waals surface area contributed by atoms with Gasteiger partial charge in [-0.25, -0.2) is 4.39 Å². The van der Waals surface area contributed by atoms with E-state index in [0.717, 1.165) is 19.6 Å². The molecule has 0 bridgehead atoms. The van der Waals surface area contributed by atoms with Crippen LogP contribution in [0.15, 0.2) is 48.5 Å². The summed E-state index contributed by atoms with van der Waals surface area (Å²) in [5.74, 6) is 0.411. The molecule has 1 amide bonds. The zero-order chi connectivity index (χ0) is 17.6. The first-order valence-electron chi connectivity index (χ1n) is 8.27. The molecule has 1 aliphatic rings. The van der Waals surface area contributed by atoms with Crippen molar-refractivity contribution in [1.82, 2.24) is 9.80 Å². The summed E-state index contributed by atoms with van der Waals surface area (Å²) in [6.07, 6.45) is 0. The van der Waals surface area contributed by atoms with Crippen LogP contribution in [0.5, 0.6) is 5.75 Å². The average molecular weight is 363 g/mol. The Morgan fingerprint density at radius 3 is 2.48 bits per heavy atom. The van der Waals surface area contributed by atoms with Gasteiger partial charge in [-0.05, 0) is 42.5 Å². The van der Waals surface area contributed by atoms with Gasteiger partial charge in [0.1, 0.15) is 18.2 Å². The molecule has 4 nitrogen and oxygen atoms in total. The lowest BCUT2D eigenvalue weighted by molar-refractivity contribution is 0.0620. The molecule has 0 radical (unpaired) electrons. The SMILES string of the molecule is O=C(c1cccc(Cl)c1)N1CCN(CCOc2ccc(F)cc2)CC1. The summed E-state index contributed by atoms with van der Waals surface area (Å²) in [4.78, 5) is 16.6. The minimum absolute atomic E-state index is 0.0183. The van der Waals surface area contributed by atoms with E-state index in [-0.39, 0.29) is 11.7 Å². The number of piperazine rings is 1. The number of benzene rings is 2. The van der Waals surface area contributed by atoms with Crippen molar-refractivity contribution in [2.24, 2.45) is 0 Å². The van der Waals surface area contributed by atoms with Gasteiger partial charge in [0.2, 0.25) is 0 Å². The molecule has 0 saturated carbocycles. The number of hydrogen-bond donors (Lipinski definition) is 0. The summed E-state index contributed by atoms with van der Waals surface area (Å²) in [6, 6.07) is 13.1. The summed E-state index contributed by atoms with van der Waals surface area (Å²) < 4.78 is 18.5. The van der Waals surface area contributed by atoms with Crippen LogP contribution in [0.4, 0.5) is 4.39 Å². The van der Waals surface area contributed by atoms with E-state index in [1.165, 1.54) is 12.1 Å². The number of amides is 1. The molecule has 1 aliphatic heterocycles. The third kappa shape index (κ3) is 4.94. The highest BCUT2D eigenvalue weighted by molar-refractivity contribution is 6.30. The first-order chi connectivity index (χ1) is 12.1. The van der Waals surface area contributed by atoms with Crippen molar-refractivity contribution in [2.45, 2.75) is 0 Å². The van der Waals surface area contributed by atoms with E-state index in [9.17, 15) is 9.18 Å². The van der Waals surface area contributed by atoms with Crippen molar-refractivity contribution in [1.29, 1.82) is 0 Å². The smallest absolute Gasteiger partial charge is 0.253 e.